The van der Waals surface area contributed by atoms with E-state index in [9.17, 15) is 0 Å². The first kappa shape index (κ1) is 9.82. The second-order valence-corrected chi connectivity index (χ2v) is 5.69. The first-order chi connectivity index (χ1) is 6.48. The largest absolute Gasteiger partial charge is 0.350 e. The quantitative estimate of drug-likeness (QED) is 0.674. The monoisotopic (exact) mass is 191 g/mol. The molecule has 0 amide bonds. The van der Waals surface area contributed by atoms with E-state index in [1.54, 1.807) is 0 Å². The summed E-state index contributed by atoms with van der Waals surface area (Å²) < 4.78 is 2.47. The summed E-state index contributed by atoms with van der Waals surface area (Å²) in [6.45, 7) is 10.4. The van der Waals surface area contributed by atoms with Gasteiger partial charge in [0.25, 0.3) is 0 Å². The molecule has 1 fully saturated rings. The Morgan fingerprint density at radius 3 is 2.50 bits per heavy atom. The molecule has 0 aliphatic heterocycles. The third-order valence-electron chi connectivity index (χ3n) is 3.03. The summed E-state index contributed by atoms with van der Waals surface area (Å²) in [5.74, 6) is 0.961. The third-order valence-corrected chi connectivity index (χ3v) is 3.03. The maximum atomic E-state index is 2.47. The van der Waals surface area contributed by atoms with Crippen LogP contribution in [0.15, 0.2) is 12.3 Å². The first-order valence-corrected chi connectivity index (χ1v) is 5.64. The Morgan fingerprint density at radius 1 is 1.36 bits per heavy atom. The number of aromatic nitrogens is 1. The molecule has 0 spiro atoms. The molecule has 0 unspecified atom stereocenters. The topological polar surface area (TPSA) is 4.93 Å². The highest BCUT2D eigenvalue weighted by Crippen LogP contribution is 2.34. The van der Waals surface area contributed by atoms with Gasteiger partial charge < -0.3 is 4.57 Å². The SMILES string of the molecule is Cc1ccn(CC2CC2)c1C(C)(C)C. The zero-order chi connectivity index (χ0) is 10.3. The Kier molecular flexibility index (Phi) is 2.21. The molecular weight excluding hydrogens is 170 g/mol. The van der Waals surface area contributed by atoms with Crippen LogP contribution in [-0.2, 0) is 12.0 Å². The van der Waals surface area contributed by atoms with E-state index >= 15 is 0 Å². The molecule has 0 saturated heterocycles. The van der Waals surface area contributed by atoms with Crippen molar-refractivity contribution in [3.63, 3.8) is 0 Å². The molecule has 78 valence electrons. The van der Waals surface area contributed by atoms with Crippen LogP contribution in [0.5, 0.6) is 0 Å². The van der Waals surface area contributed by atoms with Gasteiger partial charge in [0.15, 0.2) is 0 Å². The summed E-state index contributed by atoms with van der Waals surface area (Å²) in [4.78, 5) is 0. The lowest BCUT2D eigenvalue weighted by Gasteiger charge is -2.23. The highest BCUT2D eigenvalue weighted by atomic mass is 15.0. The van der Waals surface area contributed by atoms with E-state index in [2.05, 4.69) is 44.5 Å². The van der Waals surface area contributed by atoms with Crippen molar-refractivity contribution >= 4 is 0 Å². The zero-order valence-electron chi connectivity index (χ0n) is 9.80. The Labute approximate surface area is 87.1 Å². The highest BCUT2D eigenvalue weighted by Gasteiger charge is 2.26. The lowest BCUT2D eigenvalue weighted by atomic mass is 9.89. The molecule has 0 atom stereocenters. The van der Waals surface area contributed by atoms with Crippen molar-refractivity contribution in [2.24, 2.45) is 5.92 Å². The molecule has 0 N–H and O–H groups in total. The smallest absolute Gasteiger partial charge is 0.0258 e. The summed E-state index contributed by atoms with van der Waals surface area (Å²) in [7, 11) is 0. The van der Waals surface area contributed by atoms with Crippen molar-refractivity contribution in [2.75, 3.05) is 0 Å². The molecule has 1 heterocycles. The van der Waals surface area contributed by atoms with Crippen molar-refractivity contribution in [3.8, 4) is 0 Å². The summed E-state index contributed by atoms with van der Waals surface area (Å²) >= 11 is 0. The average Bonchev–Trinajstić information content (AvgIpc) is 2.74. The summed E-state index contributed by atoms with van der Waals surface area (Å²) in [6, 6.07) is 2.25. The van der Waals surface area contributed by atoms with Crippen LogP contribution in [0.2, 0.25) is 0 Å². The molecule has 1 heteroatoms. The second-order valence-electron chi connectivity index (χ2n) is 5.69. The van der Waals surface area contributed by atoms with Gasteiger partial charge in [-0.2, -0.15) is 0 Å². The summed E-state index contributed by atoms with van der Waals surface area (Å²) in [6.07, 6.45) is 5.12. The number of hydrogen-bond acceptors (Lipinski definition) is 0. The Balaban J connectivity index is 2.29. The molecule has 14 heavy (non-hydrogen) atoms. The van der Waals surface area contributed by atoms with Gasteiger partial charge in [0.2, 0.25) is 0 Å². The zero-order valence-corrected chi connectivity index (χ0v) is 9.80. The van der Waals surface area contributed by atoms with E-state index in [1.165, 1.54) is 30.6 Å². The molecular formula is C13H21N. The molecule has 0 bridgehead atoms. The van der Waals surface area contributed by atoms with Gasteiger partial charge in [-0.3, -0.25) is 0 Å². The van der Waals surface area contributed by atoms with Gasteiger partial charge in [-0.25, -0.2) is 0 Å². The number of aryl methyl sites for hydroxylation is 1. The molecule has 2 rings (SSSR count). The molecule has 1 aliphatic rings. The van der Waals surface area contributed by atoms with Gasteiger partial charge in [0.05, 0.1) is 0 Å². The van der Waals surface area contributed by atoms with Gasteiger partial charge in [-0.05, 0) is 37.3 Å². The predicted octanol–water partition coefficient (Wildman–Crippen LogP) is 3.50. The van der Waals surface area contributed by atoms with E-state index in [4.69, 9.17) is 0 Å². The summed E-state index contributed by atoms with van der Waals surface area (Å²) in [5, 5.41) is 0. The fraction of sp³-hybridized carbons (Fsp3) is 0.692. The normalized spacial score (nSPS) is 17.4. The van der Waals surface area contributed by atoms with Crippen molar-refractivity contribution in [2.45, 2.75) is 52.5 Å². The third kappa shape index (κ3) is 1.87. The van der Waals surface area contributed by atoms with E-state index in [0.717, 1.165) is 5.92 Å². The van der Waals surface area contributed by atoms with Gasteiger partial charge >= 0.3 is 0 Å². The average molecular weight is 191 g/mol. The maximum Gasteiger partial charge on any atom is 0.0258 e. The number of hydrogen-bond donors (Lipinski definition) is 0. The molecule has 0 radical (unpaired) electrons. The molecule has 1 nitrogen and oxygen atoms in total. The minimum atomic E-state index is 0.280. The van der Waals surface area contributed by atoms with Crippen LogP contribution >= 0.6 is 0 Å². The minimum Gasteiger partial charge on any atom is -0.350 e. The van der Waals surface area contributed by atoms with Crippen LogP contribution in [0.4, 0.5) is 0 Å². The summed E-state index contributed by atoms with van der Waals surface area (Å²) in [5.41, 5.74) is 3.24. The fourth-order valence-electron chi connectivity index (χ4n) is 2.33. The van der Waals surface area contributed by atoms with Crippen LogP contribution in [0, 0.1) is 12.8 Å². The first-order valence-electron chi connectivity index (χ1n) is 5.64. The molecule has 0 aromatic carbocycles. The van der Waals surface area contributed by atoms with Gasteiger partial charge in [0, 0.05) is 23.9 Å². The Morgan fingerprint density at radius 2 is 2.00 bits per heavy atom. The van der Waals surface area contributed by atoms with Crippen molar-refractivity contribution in [1.82, 2.24) is 4.57 Å². The Hall–Kier alpha value is -0.720. The van der Waals surface area contributed by atoms with Crippen LogP contribution in [-0.4, -0.2) is 4.57 Å². The van der Waals surface area contributed by atoms with Gasteiger partial charge in [-0.1, -0.05) is 20.8 Å². The van der Waals surface area contributed by atoms with E-state index < -0.39 is 0 Å². The van der Waals surface area contributed by atoms with E-state index in [1.807, 2.05) is 0 Å². The lowest BCUT2D eigenvalue weighted by molar-refractivity contribution is 0.498. The van der Waals surface area contributed by atoms with Gasteiger partial charge in [0.1, 0.15) is 0 Å². The fourth-order valence-corrected chi connectivity index (χ4v) is 2.33. The number of nitrogens with zero attached hydrogens (tertiary/aromatic N) is 1. The predicted molar refractivity (Wildman–Crippen MR) is 60.6 cm³/mol. The molecule has 1 aromatic rings. The standard InChI is InChI=1S/C13H21N/c1-10-7-8-14(9-11-5-6-11)12(10)13(2,3)4/h7-8,11H,5-6,9H2,1-4H3. The van der Waals surface area contributed by atoms with E-state index in [0.29, 0.717) is 0 Å². The van der Waals surface area contributed by atoms with Crippen molar-refractivity contribution in [1.29, 1.82) is 0 Å². The highest BCUT2D eigenvalue weighted by molar-refractivity contribution is 5.27. The maximum absolute atomic E-state index is 2.47. The number of rotatable bonds is 2. The van der Waals surface area contributed by atoms with Gasteiger partial charge in [-0.15, -0.1) is 0 Å². The van der Waals surface area contributed by atoms with Crippen LogP contribution < -0.4 is 0 Å². The van der Waals surface area contributed by atoms with Crippen molar-refractivity contribution < 1.29 is 0 Å². The van der Waals surface area contributed by atoms with Crippen molar-refractivity contribution in [3.05, 3.63) is 23.5 Å². The molecule has 1 saturated carbocycles. The van der Waals surface area contributed by atoms with E-state index in [-0.39, 0.29) is 5.41 Å². The van der Waals surface area contributed by atoms with Crippen LogP contribution in [0.3, 0.4) is 0 Å². The molecule has 1 aromatic heterocycles. The van der Waals surface area contributed by atoms with Crippen LogP contribution in [0.25, 0.3) is 0 Å². The van der Waals surface area contributed by atoms with Crippen LogP contribution in [0.1, 0.15) is 44.9 Å². The second kappa shape index (κ2) is 3.15. The Bertz CT molecular complexity index is 323. The lowest BCUT2D eigenvalue weighted by Crippen LogP contribution is -2.19. The minimum absolute atomic E-state index is 0.280. The molecule has 1 aliphatic carbocycles.